The van der Waals surface area contributed by atoms with Crippen molar-refractivity contribution in [2.45, 2.75) is 24.8 Å². The molecule has 0 bridgehead atoms. The molecule has 2 heterocycles. The third-order valence-corrected chi connectivity index (χ3v) is 7.33. The van der Waals surface area contributed by atoms with Gasteiger partial charge in [0.05, 0.1) is 12.3 Å². The highest BCUT2D eigenvalue weighted by Crippen LogP contribution is 2.22. The summed E-state index contributed by atoms with van der Waals surface area (Å²) in [5, 5.41) is -0.960. The summed E-state index contributed by atoms with van der Waals surface area (Å²) in [6.07, 6.45) is 0.0960. The summed E-state index contributed by atoms with van der Waals surface area (Å²) in [7, 11) is -3.77. The van der Waals surface area contributed by atoms with Gasteiger partial charge in [0.1, 0.15) is 23.0 Å². The van der Waals surface area contributed by atoms with Gasteiger partial charge < -0.3 is 14.5 Å². The van der Waals surface area contributed by atoms with Crippen molar-refractivity contribution >= 4 is 27.3 Å². The Labute approximate surface area is 192 Å². The fourth-order valence-corrected chi connectivity index (χ4v) is 5.29. The van der Waals surface area contributed by atoms with Crippen LogP contribution in [0, 0.1) is 5.82 Å². The third-order valence-electron chi connectivity index (χ3n) is 5.75. The molecule has 0 aromatic heterocycles. The normalized spacial score (nSPS) is 21.2. The van der Waals surface area contributed by atoms with E-state index in [0.717, 1.165) is 0 Å². The number of halogens is 1. The molecule has 2 aliphatic heterocycles. The average Bonchev–Trinajstić information content (AvgIpc) is 3.32. The summed E-state index contributed by atoms with van der Waals surface area (Å²) in [6, 6.07) is 12.5. The molecule has 9 nitrogen and oxygen atoms in total. The molecule has 2 unspecified atom stereocenters. The fourth-order valence-electron chi connectivity index (χ4n) is 4.01. The number of para-hydroxylation sites is 1. The van der Waals surface area contributed by atoms with Gasteiger partial charge in [0, 0.05) is 38.3 Å². The van der Waals surface area contributed by atoms with E-state index >= 15 is 0 Å². The molecular weight excluding hydrogens is 449 g/mol. The van der Waals surface area contributed by atoms with Crippen LogP contribution in [0.5, 0.6) is 5.75 Å². The Morgan fingerprint density at radius 2 is 1.79 bits per heavy atom. The highest BCUT2D eigenvalue weighted by Gasteiger charge is 2.39. The van der Waals surface area contributed by atoms with E-state index in [4.69, 9.17) is 4.74 Å². The number of carbonyl (C=O) groups excluding carboxylic acids is 1. The Balaban J connectivity index is 1.31. The second-order valence-electron chi connectivity index (χ2n) is 7.93. The van der Waals surface area contributed by atoms with Gasteiger partial charge in [0.15, 0.2) is 0 Å². The number of hydrogen-bond acceptors (Lipinski definition) is 7. The predicted molar refractivity (Wildman–Crippen MR) is 124 cm³/mol. The molecule has 4 rings (SSSR count). The van der Waals surface area contributed by atoms with Crippen molar-refractivity contribution in [1.82, 2.24) is 15.8 Å². The van der Waals surface area contributed by atoms with Gasteiger partial charge in [-0.3, -0.25) is 9.52 Å². The molecule has 2 aromatic carbocycles. The van der Waals surface area contributed by atoms with Crippen LogP contribution in [0.1, 0.15) is 13.3 Å². The Morgan fingerprint density at radius 1 is 1.09 bits per heavy atom. The number of amides is 1. The van der Waals surface area contributed by atoms with Crippen LogP contribution >= 0.6 is 0 Å². The summed E-state index contributed by atoms with van der Waals surface area (Å²) in [4.78, 5) is 16.5. The van der Waals surface area contributed by atoms with Crippen LogP contribution < -0.4 is 25.2 Å². The van der Waals surface area contributed by atoms with Gasteiger partial charge in [-0.15, -0.1) is 0 Å². The molecule has 3 N–H and O–H groups in total. The lowest BCUT2D eigenvalue weighted by atomic mass is 10.1. The molecular formula is C22H28FN5O4S. The molecule has 0 spiro atoms. The van der Waals surface area contributed by atoms with Gasteiger partial charge in [-0.25, -0.2) is 23.7 Å². The number of rotatable bonds is 7. The van der Waals surface area contributed by atoms with Crippen LogP contribution in [0.25, 0.3) is 0 Å². The van der Waals surface area contributed by atoms with Crippen molar-refractivity contribution in [3.05, 3.63) is 54.3 Å². The molecule has 0 radical (unpaired) electrons. The highest BCUT2D eigenvalue weighted by molar-refractivity contribution is 7.93. The molecule has 2 saturated heterocycles. The maximum atomic E-state index is 14.0. The number of benzene rings is 2. The van der Waals surface area contributed by atoms with Crippen molar-refractivity contribution in [3.63, 3.8) is 0 Å². The predicted octanol–water partition coefficient (Wildman–Crippen LogP) is 1.51. The number of sulfonamides is 1. The lowest BCUT2D eigenvalue weighted by Crippen LogP contribution is -2.53. The topological polar surface area (TPSA) is 103 Å². The number of ether oxygens (including phenoxy) is 1. The van der Waals surface area contributed by atoms with Crippen LogP contribution in [0.3, 0.4) is 0 Å². The lowest BCUT2D eigenvalue weighted by molar-refractivity contribution is -0.133. The molecule has 1 amide bonds. The first-order valence-corrected chi connectivity index (χ1v) is 12.5. The van der Waals surface area contributed by atoms with Crippen molar-refractivity contribution in [2.24, 2.45) is 0 Å². The van der Waals surface area contributed by atoms with E-state index in [1.165, 1.54) is 6.07 Å². The molecule has 2 aliphatic rings. The maximum Gasteiger partial charge on any atom is 0.250 e. The molecule has 2 aromatic rings. The van der Waals surface area contributed by atoms with Gasteiger partial charge >= 0.3 is 0 Å². The van der Waals surface area contributed by atoms with Crippen LogP contribution in [0.2, 0.25) is 0 Å². The zero-order valence-electron chi connectivity index (χ0n) is 18.3. The largest absolute Gasteiger partial charge is 0.494 e. The Kier molecular flexibility index (Phi) is 7.01. The standard InChI is InChI=1S/C22H28FN5O4S/c1-2-32-17-9-7-16(8-10-17)26-33(30,31)21-15-19(24-25-21)22(29)28-13-11-27(12-14-28)20-6-4-3-5-18(20)23/h3-10,19,21,24-26H,2,11-15H2,1H3. The summed E-state index contributed by atoms with van der Waals surface area (Å²) >= 11 is 0. The Bertz CT molecular complexity index is 1070. The van der Waals surface area contributed by atoms with E-state index in [2.05, 4.69) is 15.6 Å². The van der Waals surface area contributed by atoms with Crippen LogP contribution in [0.4, 0.5) is 15.8 Å². The van der Waals surface area contributed by atoms with E-state index in [1.807, 2.05) is 11.8 Å². The summed E-state index contributed by atoms with van der Waals surface area (Å²) < 4.78 is 47.5. The van der Waals surface area contributed by atoms with Crippen molar-refractivity contribution in [1.29, 1.82) is 0 Å². The number of hydrazine groups is 1. The van der Waals surface area contributed by atoms with Crippen molar-refractivity contribution < 1.29 is 22.3 Å². The van der Waals surface area contributed by atoms with E-state index < -0.39 is 21.4 Å². The number of anilines is 2. The number of hydrogen-bond donors (Lipinski definition) is 3. The summed E-state index contributed by atoms with van der Waals surface area (Å²) in [5.41, 5.74) is 6.49. The van der Waals surface area contributed by atoms with Crippen molar-refractivity contribution in [2.75, 3.05) is 42.4 Å². The number of nitrogens with zero attached hydrogens (tertiary/aromatic N) is 2. The summed E-state index contributed by atoms with van der Waals surface area (Å²) in [6.45, 7) is 4.29. The second-order valence-corrected chi connectivity index (χ2v) is 9.80. The number of piperazine rings is 1. The maximum absolute atomic E-state index is 14.0. The van der Waals surface area contributed by atoms with Gasteiger partial charge in [-0.05, 0) is 43.3 Å². The highest BCUT2D eigenvalue weighted by atomic mass is 32.2. The van der Waals surface area contributed by atoms with Gasteiger partial charge in [-0.1, -0.05) is 12.1 Å². The average molecular weight is 478 g/mol. The minimum atomic E-state index is -3.77. The summed E-state index contributed by atoms with van der Waals surface area (Å²) in [5.74, 6) is 0.198. The Hall–Kier alpha value is -2.89. The van der Waals surface area contributed by atoms with Crippen LogP contribution in [-0.4, -0.2) is 63.4 Å². The zero-order valence-corrected chi connectivity index (χ0v) is 19.1. The van der Waals surface area contributed by atoms with Crippen LogP contribution in [-0.2, 0) is 14.8 Å². The van der Waals surface area contributed by atoms with E-state index in [0.29, 0.717) is 49.9 Å². The molecule has 0 saturated carbocycles. The van der Waals surface area contributed by atoms with Gasteiger partial charge in [0.25, 0.3) is 0 Å². The minimum absolute atomic E-state index is 0.0960. The minimum Gasteiger partial charge on any atom is -0.494 e. The molecule has 2 fully saturated rings. The molecule has 11 heteroatoms. The lowest BCUT2D eigenvalue weighted by Gasteiger charge is -2.37. The quantitative estimate of drug-likeness (QED) is 0.556. The van der Waals surface area contributed by atoms with E-state index in [9.17, 15) is 17.6 Å². The van der Waals surface area contributed by atoms with Crippen molar-refractivity contribution in [3.8, 4) is 5.75 Å². The molecule has 178 valence electrons. The fraction of sp³-hybridized carbons (Fsp3) is 0.409. The first-order chi connectivity index (χ1) is 15.9. The molecule has 2 atom stereocenters. The molecule has 0 aliphatic carbocycles. The smallest absolute Gasteiger partial charge is 0.250 e. The molecule has 33 heavy (non-hydrogen) atoms. The van der Waals surface area contributed by atoms with E-state index in [-0.39, 0.29) is 18.1 Å². The van der Waals surface area contributed by atoms with E-state index in [1.54, 1.807) is 47.4 Å². The van der Waals surface area contributed by atoms with Gasteiger partial charge in [-0.2, -0.15) is 0 Å². The number of nitrogens with one attached hydrogen (secondary N) is 3. The zero-order chi connectivity index (χ0) is 23.4. The first-order valence-electron chi connectivity index (χ1n) is 10.9. The number of carbonyl (C=O) groups is 1. The third kappa shape index (κ3) is 5.37. The Morgan fingerprint density at radius 3 is 2.45 bits per heavy atom. The monoisotopic (exact) mass is 477 g/mol. The van der Waals surface area contributed by atoms with Crippen LogP contribution in [0.15, 0.2) is 48.5 Å². The van der Waals surface area contributed by atoms with Gasteiger partial charge in [0.2, 0.25) is 15.9 Å². The first kappa shape index (κ1) is 23.3. The SMILES string of the molecule is CCOc1ccc(NS(=O)(=O)C2CC(C(=O)N3CCN(c4ccccc4F)CC3)NN2)cc1. The second kappa shape index (κ2) is 9.94.